The monoisotopic (exact) mass is 463 g/mol. The van der Waals surface area contributed by atoms with Gasteiger partial charge in [-0.2, -0.15) is 0 Å². The van der Waals surface area contributed by atoms with Crippen molar-refractivity contribution in [2.45, 2.75) is 32.6 Å². The minimum Gasteiger partial charge on any atom is -0.309 e. The molecular weight excluding hydrogens is 434 g/mol. The van der Waals surface area contributed by atoms with E-state index >= 15 is 0 Å². The SMILES string of the molecule is CCCCc1ccc(-n2c3ccccc3c3cc(-c4ccc5c(c4)-c4ccccc4C5)ccc32)cc1. The largest absolute Gasteiger partial charge is 0.309 e. The number of benzene rings is 5. The molecule has 0 spiro atoms. The maximum Gasteiger partial charge on any atom is 0.0541 e. The smallest absolute Gasteiger partial charge is 0.0541 e. The van der Waals surface area contributed by atoms with E-state index in [1.165, 1.54) is 79.3 Å². The fraction of sp³-hybridized carbons (Fsp3) is 0.143. The average Bonchev–Trinajstić information content (AvgIpc) is 3.47. The zero-order valence-corrected chi connectivity index (χ0v) is 20.7. The first-order valence-corrected chi connectivity index (χ1v) is 13.1. The Bertz CT molecular complexity index is 1730. The predicted molar refractivity (Wildman–Crippen MR) is 153 cm³/mol. The molecule has 0 saturated carbocycles. The number of fused-ring (bicyclic) bond motifs is 6. The van der Waals surface area contributed by atoms with Gasteiger partial charge in [-0.3, -0.25) is 0 Å². The molecule has 1 heterocycles. The van der Waals surface area contributed by atoms with Crippen LogP contribution in [0.15, 0.2) is 109 Å². The molecule has 0 N–H and O–H groups in total. The molecule has 1 aliphatic rings. The molecule has 7 rings (SSSR count). The molecule has 5 aromatic carbocycles. The highest BCUT2D eigenvalue weighted by Gasteiger charge is 2.19. The molecule has 0 bridgehead atoms. The van der Waals surface area contributed by atoms with E-state index in [1.807, 2.05) is 0 Å². The number of hydrogen-bond donors (Lipinski definition) is 0. The molecule has 1 aromatic heterocycles. The number of unbranched alkanes of at least 4 members (excludes halogenated alkanes) is 1. The molecule has 1 nitrogen and oxygen atoms in total. The quantitative estimate of drug-likeness (QED) is 0.240. The number of rotatable bonds is 5. The third kappa shape index (κ3) is 3.38. The van der Waals surface area contributed by atoms with Gasteiger partial charge in [0.05, 0.1) is 11.0 Å². The number of aryl methyl sites for hydroxylation is 1. The Morgan fingerprint density at radius 2 is 1.33 bits per heavy atom. The van der Waals surface area contributed by atoms with Crippen molar-refractivity contribution in [2.24, 2.45) is 0 Å². The van der Waals surface area contributed by atoms with Crippen molar-refractivity contribution in [2.75, 3.05) is 0 Å². The average molecular weight is 464 g/mol. The van der Waals surface area contributed by atoms with Crippen LogP contribution in [0.4, 0.5) is 0 Å². The molecule has 1 heteroatoms. The Morgan fingerprint density at radius 3 is 2.22 bits per heavy atom. The number of nitrogens with zero attached hydrogens (tertiary/aromatic N) is 1. The fourth-order valence-corrected chi connectivity index (χ4v) is 5.93. The molecule has 0 unspecified atom stereocenters. The van der Waals surface area contributed by atoms with Crippen molar-refractivity contribution in [3.05, 3.63) is 126 Å². The van der Waals surface area contributed by atoms with Gasteiger partial charge < -0.3 is 4.57 Å². The highest BCUT2D eigenvalue weighted by Crippen LogP contribution is 2.40. The zero-order valence-electron chi connectivity index (χ0n) is 20.7. The molecule has 0 saturated heterocycles. The van der Waals surface area contributed by atoms with E-state index in [0.29, 0.717) is 0 Å². The number of aromatic nitrogens is 1. The summed E-state index contributed by atoms with van der Waals surface area (Å²) >= 11 is 0. The van der Waals surface area contributed by atoms with Crippen LogP contribution in [0.3, 0.4) is 0 Å². The lowest BCUT2D eigenvalue weighted by Crippen LogP contribution is -1.94. The fourth-order valence-electron chi connectivity index (χ4n) is 5.93. The van der Waals surface area contributed by atoms with Gasteiger partial charge in [-0.05, 0) is 94.6 Å². The van der Waals surface area contributed by atoms with E-state index in [9.17, 15) is 0 Å². The lowest BCUT2D eigenvalue weighted by atomic mass is 9.97. The zero-order chi connectivity index (χ0) is 24.1. The van der Waals surface area contributed by atoms with Crippen LogP contribution in [-0.4, -0.2) is 4.57 Å². The van der Waals surface area contributed by atoms with Gasteiger partial charge in [0.1, 0.15) is 0 Å². The second kappa shape index (κ2) is 8.53. The number of hydrogen-bond acceptors (Lipinski definition) is 0. The van der Waals surface area contributed by atoms with Gasteiger partial charge in [0.15, 0.2) is 0 Å². The van der Waals surface area contributed by atoms with Crippen molar-refractivity contribution in [1.29, 1.82) is 0 Å². The van der Waals surface area contributed by atoms with E-state index in [2.05, 4.69) is 121 Å². The van der Waals surface area contributed by atoms with E-state index in [0.717, 1.165) is 12.8 Å². The molecule has 1 aliphatic carbocycles. The first kappa shape index (κ1) is 21.2. The van der Waals surface area contributed by atoms with Crippen LogP contribution in [0.5, 0.6) is 0 Å². The molecule has 0 radical (unpaired) electrons. The van der Waals surface area contributed by atoms with Gasteiger partial charge in [0, 0.05) is 16.5 Å². The van der Waals surface area contributed by atoms with Crippen LogP contribution < -0.4 is 0 Å². The van der Waals surface area contributed by atoms with E-state index in [-0.39, 0.29) is 0 Å². The third-order valence-electron chi connectivity index (χ3n) is 7.82. The van der Waals surface area contributed by atoms with Gasteiger partial charge in [0.25, 0.3) is 0 Å². The van der Waals surface area contributed by atoms with Crippen molar-refractivity contribution < 1.29 is 0 Å². The second-order valence-corrected chi connectivity index (χ2v) is 10.1. The normalized spacial score (nSPS) is 12.2. The van der Waals surface area contributed by atoms with Crippen LogP contribution in [0, 0.1) is 0 Å². The molecule has 174 valence electrons. The van der Waals surface area contributed by atoms with Crippen LogP contribution in [0.2, 0.25) is 0 Å². The molecule has 0 amide bonds. The van der Waals surface area contributed by atoms with Crippen LogP contribution >= 0.6 is 0 Å². The number of para-hydroxylation sites is 1. The molecule has 0 fully saturated rings. The summed E-state index contributed by atoms with van der Waals surface area (Å²) in [4.78, 5) is 0. The summed E-state index contributed by atoms with van der Waals surface area (Å²) in [7, 11) is 0. The van der Waals surface area contributed by atoms with Gasteiger partial charge in [0.2, 0.25) is 0 Å². The summed E-state index contributed by atoms with van der Waals surface area (Å²) in [6.45, 7) is 2.25. The Balaban J connectivity index is 1.36. The van der Waals surface area contributed by atoms with Gasteiger partial charge >= 0.3 is 0 Å². The van der Waals surface area contributed by atoms with Gasteiger partial charge in [-0.1, -0.05) is 86.1 Å². The van der Waals surface area contributed by atoms with Crippen LogP contribution in [-0.2, 0) is 12.8 Å². The van der Waals surface area contributed by atoms with E-state index < -0.39 is 0 Å². The summed E-state index contributed by atoms with van der Waals surface area (Å²) < 4.78 is 2.41. The first-order chi connectivity index (χ1) is 17.8. The van der Waals surface area contributed by atoms with Gasteiger partial charge in [-0.15, -0.1) is 0 Å². The Labute approximate surface area is 212 Å². The minimum absolute atomic E-state index is 1.04. The standard InChI is InChI=1S/C35H29N/c1-2-3-8-24-13-18-29(19-14-24)36-34-12-7-6-11-31(34)33-23-26(17-20-35(33)36)25-15-16-28-21-27-9-4-5-10-30(27)32(28)22-25/h4-7,9-20,22-23H,2-3,8,21H2,1H3. The lowest BCUT2D eigenvalue weighted by molar-refractivity contribution is 0.795. The predicted octanol–water partition coefficient (Wildman–Crippen LogP) is 9.36. The van der Waals surface area contributed by atoms with Crippen molar-refractivity contribution >= 4 is 21.8 Å². The Kier molecular flexibility index (Phi) is 5.03. The van der Waals surface area contributed by atoms with E-state index in [1.54, 1.807) is 0 Å². The van der Waals surface area contributed by atoms with Crippen molar-refractivity contribution in [1.82, 2.24) is 4.57 Å². The molecule has 0 aliphatic heterocycles. The Hall–Kier alpha value is -4.10. The summed E-state index contributed by atoms with van der Waals surface area (Å²) in [5, 5.41) is 2.61. The summed E-state index contributed by atoms with van der Waals surface area (Å²) in [5.74, 6) is 0. The highest BCUT2D eigenvalue weighted by molar-refractivity contribution is 6.10. The molecule has 6 aromatic rings. The maximum atomic E-state index is 2.41. The molecule has 36 heavy (non-hydrogen) atoms. The summed E-state index contributed by atoms with van der Waals surface area (Å²) in [5.41, 5.74) is 13.3. The van der Waals surface area contributed by atoms with Gasteiger partial charge in [-0.25, -0.2) is 0 Å². The summed E-state index contributed by atoms with van der Waals surface area (Å²) in [6.07, 6.45) is 4.66. The minimum atomic E-state index is 1.04. The highest BCUT2D eigenvalue weighted by atomic mass is 15.0. The van der Waals surface area contributed by atoms with E-state index in [4.69, 9.17) is 0 Å². The second-order valence-electron chi connectivity index (χ2n) is 10.1. The van der Waals surface area contributed by atoms with Crippen LogP contribution in [0.1, 0.15) is 36.5 Å². The van der Waals surface area contributed by atoms with Crippen molar-refractivity contribution in [3.63, 3.8) is 0 Å². The van der Waals surface area contributed by atoms with Crippen molar-refractivity contribution in [3.8, 4) is 27.9 Å². The van der Waals surface area contributed by atoms with Crippen LogP contribution in [0.25, 0.3) is 49.7 Å². The molecule has 0 atom stereocenters. The topological polar surface area (TPSA) is 4.93 Å². The summed E-state index contributed by atoms with van der Waals surface area (Å²) in [6, 6.07) is 40.7. The molecular formula is C35H29N. The third-order valence-corrected chi connectivity index (χ3v) is 7.82. The maximum absolute atomic E-state index is 2.41. The Morgan fingerprint density at radius 1 is 0.611 bits per heavy atom. The lowest BCUT2D eigenvalue weighted by Gasteiger charge is -2.10. The first-order valence-electron chi connectivity index (χ1n) is 13.1.